The summed E-state index contributed by atoms with van der Waals surface area (Å²) in [7, 11) is 1.84. The van der Waals surface area contributed by atoms with Crippen LogP contribution in [0.3, 0.4) is 0 Å². The predicted octanol–water partition coefficient (Wildman–Crippen LogP) is 0.576. The highest BCUT2D eigenvalue weighted by Crippen LogP contribution is 2.03. The summed E-state index contributed by atoms with van der Waals surface area (Å²) in [6.45, 7) is 6.14. The molecule has 11 heavy (non-hydrogen) atoms. The molecule has 0 aliphatic rings. The van der Waals surface area contributed by atoms with Crippen molar-refractivity contribution in [3.05, 3.63) is 4.80 Å². The van der Waals surface area contributed by atoms with Crippen LogP contribution < -0.4 is 4.80 Å². The normalized spacial score (nSPS) is 14.0. The molecular formula is C6H12N4S. The summed E-state index contributed by atoms with van der Waals surface area (Å²) in [5.74, 6) is 0. The Labute approximate surface area is 69.7 Å². The third kappa shape index (κ3) is 2.42. The summed E-state index contributed by atoms with van der Waals surface area (Å²) in [6, 6.07) is 0. The van der Waals surface area contributed by atoms with Gasteiger partial charge in [-0.2, -0.15) is 0 Å². The Morgan fingerprint density at radius 1 is 1.45 bits per heavy atom. The molecule has 0 radical (unpaired) electrons. The minimum Gasteiger partial charge on any atom is -0.250 e. The monoisotopic (exact) mass is 172 g/mol. The van der Waals surface area contributed by atoms with Crippen LogP contribution in [0.15, 0.2) is 4.99 Å². The van der Waals surface area contributed by atoms with Crippen LogP contribution in [0.1, 0.15) is 20.8 Å². The van der Waals surface area contributed by atoms with Crippen LogP contribution in [0.4, 0.5) is 0 Å². The van der Waals surface area contributed by atoms with Gasteiger partial charge in [0.2, 0.25) is 4.80 Å². The zero-order valence-corrected chi connectivity index (χ0v) is 8.01. The van der Waals surface area contributed by atoms with Crippen LogP contribution in [0.25, 0.3) is 0 Å². The van der Waals surface area contributed by atoms with Crippen LogP contribution in [0, 0.1) is 0 Å². The molecule has 0 bridgehead atoms. The fraction of sp³-hybridized carbons (Fsp3) is 0.833. The maximum atomic E-state index is 4.41. The third-order valence-electron chi connectivity index (χ3n) is 1.00. The highest BCUT2D eigenvalue weighted by atomic mass is 32.1. The zero-order chi connectivity index (χ0) is 8.48. The first-order chi connectivity index (χ1) is 4.99. The molecule has 0 unspecified atom stereocenters. The molecular weight excluding hydrogens is 160 g/mol. The van der Waals surface area contributed by atoms with Gasteiger partial charge in [0.15, 0.2) is 0 Å². The predicted molar refractivity (Wildman–Crippen MR) is 44.2 cm³/mol. The maximum absolute atomic E-state index is 4.41. The lowest BCUT2D eigenvalue weighted by atomic mass is 10.1. The highest BCUT2D eigenvalue weighted by molar-refractivity contribution is 7.02. The largest absolute Gasteiger partial charge is 0.250 e. The fourth-order valence-corrected chi connectivity index (χ4v) is 1.28. The van der Waals surface area contributed by atoms with Crippen LogP contribution in [0.5, 0.6) is 0 Å². The minimum atomic E-state index is -0.0496. The molecule has 0 N–H and O–H groups in total. The summed E-state index contributed by atoms with van der Waals surface area (Å²) in [4.78, 5) is 5.27. The molecule has 0 spiro atoms. The van der Waals surface area contributed by atoms with E-state index in [1.54, 1.807) is 4.68 Å². The fourth-order valence-electron chi connectivity index (χ4n) is 0.587. The Hall–Kier alpha value is -0.710. The average Bonchev–Trinajstić information content (AvgIpc) is 2.12. The van der Waals surface area contributed by atoms with Gasteiger partial charge >= 0.3 is 0 Å². The van der Waals surface area contributed by atoms with E-state index >= 15 is 0 Å². The van der Waals surface area contributed by atoms with Crippen molar-refractivity contribution in [2.45, 2.75) is 26.3 Å². The van der Waals surface area contributed by atoms with Gasteiger partial charge < -0.3 is 0 Å². The lowest BCUT2D eigenvalue weighted by Gasteiger charge is -2.09. The third-order valence-corrected chi connectivity index (χ3v) is 1.67. The molecule has 1 aromatic rings. The first kappa shape index (κ1) is 8.39. The number of nitrogens with zero attached hydrogens (tertiary/aromatic N) is 4. The number of aryl methyl sites for hydroxylation is 1. The van der Waals surface area contributed by atoms with Crippen molar-refractivity contribution in [3.63, 3.8) is 0 Å². The quantitative estimate of drug-likeness (QED) is 0.574. The van der Waals surface area contributed by atoms with E-state index in [9.17, 15) is 0 Å². The summed E-state index contributed by atoms with van der Waals surface area (Å²) >= 11 is 1.31. The molecule has 0 aliphatic heterocycles. The van der Waals surface area contributed by atoms with Gasteiger partial charge in [0.1, 0.15) is 0 Å². The Morgan fingerprint density at radius 2 is 2.09 bits per heavy atom. The van der Waals surface area contributed by atoms with Gasteiger partial charge in [0.05, 0.1) is 5.54 Å². The number of hydrogen-bond donors (Lipinski definition) is 0. The molecule has 1 heterocycles. The molecule has 62 valence electrons. The van der Waals surface area contributed by atoms with Gasteiger partial charge in [-0.25, -0.2) is 4.68 Å². The lowest BCUT2D eigenvalue weighted by Crippen LogP contribution is -2.20. The second kappa shape index (κ2) is 2.73. The van der Waals surface area contributed by atoms with Crippen LogP contribution in [0.2, 0.25) is 0 Å². The molecule has 0 aromatic carbocycles. The molecule has 4 nitrogen and oxygen atoms in total. The summed E-state index contributed by atoms with van der Waals surface area (Å²) in [5.41, 5.74) is -0.0496. The Morgan fingerprint density at radius 3 is 2.45 bits per heavy atom. The van der Waals surface area contributed by atoms with Crippen molar-refractivity contribution in [2.75, 3.05) is 0 Å². The molecule has 0 amide bonds. The molecule has 0 aliphatic carbocycles. The first-order valence-corrected chi connectivity index (χ1v) is 4.18. The molecule has 0 atom stereocenters. The van der Waals surface area contributed by atoms with E-state index in [1.807, 2.05) is 27.8 Å². The molecule has 1 rings (SSSR count). The highest BCUT2D eigenvalue weighted by Gasteiger charge is 2.06. The van der Waals surface area contributed by atoms with E-state index in [-0.39, 0.29) is 5.54 Å². The van der Waals surface area contributed by atoms with Crippen molar-refractivity contribution in [1.29, 1.82) is 0 Å². The molecule has 0 saturated heterocycles. The average molecular weight is 172 g/mol. The van der Waals surface area contributed by atoms with Gasteiger partial charge in [-0.05, 0) is 20.8 Å². The summed E-state index contributed by atoms with van der Waals surface area (Å²) < 4.78 is 5.44. The molecule has 1 aromatic heterocycles. The second-order valence-corrected chi connectivity index (χ2v) is 4.06. The van der Waals surface area contributed by atoms with Gasteiger partial charge in [-0.1, -0.05) is 9.70 Å². The maximum Gasteiger partial charge on any atom is 0.222 e. The smallest absolute Gasteiger partial charge is 0.222 e. The van der Waals surface area contributed by atoms with Gasteiger partial charge in [0, 0.05) is 18.6 Å². The number of aromatic nitrogens is 3. The van der Waals surface area contributed by atoms with E-state index in [0.717, 1.165) is 4.80 Å². The Kier molecular flexibility index (Phi) is 2.08. The van der Waals surface area contributed by atoms with Crippen molar-refractivity contribution >= 4 is 11.5 Å². The number of hydrogen-bond acceptors (Lipinski definition) is 4. The van der Waals surface area contributed by atoms with Crippen molar-refractivity contribution in [2.24, 2.45) is 12.0 Å². The molecule has 5 heteroatoms. The molecule has 0 saturated carbocycles. The van der Waals surface area contributed by atoms with E-state index in [0.29, 0.717) is 0 Å². The summed E-state index contributed by atoms with van der Waals surface area (Å²) in [6.07, 6.45) is 0. The van der Waals surface area contributed by atoms with E-state index in [4.69, 9.17) is 0 Å². The van der Waals surface area contributed by atoms with Crippen LogP contribution in [-0.2, 0) is 7.05 Å². The van der Waals surface area contributed by atoms with Crippen molar-refractivity contribution < 1.29 is 0 Å². The Bertz CT molecular complexity index is 290. The van der Waals surface area contributed by atoms with Crippen molar-refractivity contribution in [3.8, 4) is 0 Å². The van der Waals surface area contributed by atoms with Gasteiger partial charge in [-0.3, -0.25) is 4.99 Å². The van der Waals surface area contributed by atoms with E-state index < -0.39 is 0 Å². The van der Waals surface area contributed by atoms with Gasteiger partial charge in [-0.15, -0.1) is 0 Å². The van der Waals surface area contributed by atoms with E-state index in [2.05, 4.69) is 14.7 Å². The first-order valence-electron chi connectivity index (χ1n) is 3.40. The molecule has 0 fully saturated rings. The lowest BCUT2D eigenvalue weighted by molar-refractivity contribution is 0.547. The minimum absolute atomic E-state index is 0.0496. The van der Waals surface area contributed by atoms with E-state index in [1.165, 1.54) is 11.5 Å². The number of rotatable bonds is 0. The van der Waals surface area contributed by atoms with Gasteiger partial charge in [0.25, 0.3) is 0 Å². The second-order valence-electron chi connectivity index (χ2n) is 3.35. The SMILES string of the molecule is Cn1nnsc1=NC(C)(C)C. The van der Waals surface area contributed by atoms with Crippen molar-refractivity contribution in [1.82, 2.24) is 14.4 Å². The zero-order valence-electron chi connectivity index (χ0n) is 7.20. The standard InChI is InChI=1S/C6H12N4S/c1-6(2,3)7-5-10(4)8-9-11-5/h1-4H3. The van der Waals surface area contributed by atoms with Crippen LogP contribution in [-0.4, -0.2) is 19.9 Å². The topological polar surface area (TPSA) is 43.1 Å². The van der Waals surface area contributed by atoms with Crippen LogP contribution >= 0.6 is 11.5 Å². The Balaban J connectivity index is 3.10. The summed E-state index contributed by atoms with van der Waals surface area (Å²) in [5, 5.41) is 3.79.